The van der Waals surface area contributed by atoms with E-state index in [0.717, 1.165) is 23.3 Å². The second-order valence-corrected chi connectivity index (χ2v) is 5.20. The Morgan fingerprint density at radius 3 is 3.00 bits per heavy atom. The Balaban J connectivity index is 1.67. The summed E-state index contributed by atoms with van der Waals surface area (Å²) in [6.07, 6.45) is 0.827. The number of guanidine groups is 1. The van der Waals surface area contributed by atoms with Crippen LogP contribution in [0.5, 0.6) is 5.75 Å². The van der Waals surface area contributed by atoms with Gasteiger partial charge in [0.05, 0.1) is 19.2 Å². The lowest BCUT2D eigenvalue weighted by atomic mass is 10.0. The van der Waals surface area contributed by atoms with Gasteiger partial charge in [-0.25, -0.2) is 9.38 Å². The zero-order valence-corrected chi connectivity index (χ0v) is 12.1. The van der Waals surface area contributed by atoms with Crippen LogP contribution < -0.4 is 15.8 Å². The third-order valence-corrected chi connectivity index (χ3v) is 3.60. The number of fused-ring (bicyclic) bond motifs is 1. The quantitative estimate of drug-likeness (QED) is 0.677. The summed E-state index contributed by atoms with van der Waals surface area (Å²) in [5.41, 5.74) is 7.82. The Kier molecular flexibility index (Phi) is 4.23. The normalized spacial score (nSPS) is 17.5. The van der Waals surface area contributed by atoms with E-state index in [-0.39, 0.29) is 11.9 Å². The predicted molar refractivity (Wildman–Crippen MR) is 84.2 cm³/mol. The summed E-state index contributed by atoms with van der Waals surface area (Å²) in [7, 11) is 0. The van der Waals surface area contributed by atoms with Crippen LogP contribution in [0.4, 0.5) is 4.39 Å². The minimum atomic E-state index is -0.266. The minimum Gasteiger partial charge on any atom is -0.493 e. The van der Waals surface area contributed by atoms with Gasteiger partial charge in [-0.2, -0.15) is 0 Å². The topological polar surface area (TPSA) is 59.6 Å². The molecule has 0 saturated heterocycles. The molecule has 2 aromatic rings. The fourth-order valence-electron chi connectivity index (χ4n) is 2.53. The predicted octanol–water partition coefficient (Wildman–Crippen LogP) is 2.75. The zero-order valence-electron chi connectivity index (χ0n) is 12.1. The molecule has 0 bridgehead atoms. The van der Waals surface area contributed by atoms with Crippen molar-refractivity contribution in [2.24, 2.45) is 10.7 Å². The Bertz CT molecular complexity index is 687. The summed E-state index contributed by atoms with van der Waals surface area (Å²) in [5, 5.41) is 3.21. The van der Waals surface area contributed by atoms with E-state index in [1.165, 1.54) is 12.1 Å². The van der Waals surface area contributed by atoms with Crippen molar-refractivity contribution in [2.45, 2.75) is 19.0 Å². The standard InChI is InChI=1S/C17H18FN3O/c18-13-5-3-4-12(10-13)11-20-17(19)21-15-8-9-22-16-7-2-1-6-14(15)16/h1-7,10,15H,8-9,11H2,(H3,19,20,21). The maximum atomic E-state index is 13.1. The summed E-state index contributed by atoms with van der Waals surface area (Å²) in [6.45, 7) is 0.993. The van der Waals surface area contributed by atoms with Crippen molar-refractivity contribution >= 4 is 5.96 Å². The third kappa shape index (κ3) is 3.36. The average molecular weight is 299 g/mol. The summed E-state index contributed by atoms with van der Waals surface area (Å²) in [6, 6.07) is 14.3. The number of rotatable bonds is 3. The molecule has 3 rings (SSSR count). The Morgan fingerprint density at radius 1 is 1.27 bits per heavy atom. The van der Waals surface area contributed by atoms with Gasteiger partial charge in [0.2, 0.25) is 0 Å². The van der Waals surface area contributed by atoms with Crippen LogP contribution in [0.3, 0.4) is 0 Å². The van der Waals surface area contributed by atoms with E-state index in [1.807, 2.05) is 30.3 Å². The van der Waals surface area contributed by atoms with Crippen molar-refractivity contribution in [3.63, 3.8) is 0 Å². The van der Waals surface area contributed by atoms with Crippen LogP contribution in [0.15, 0.2) is 53.5 Å². The first kappa shape index (κ1) is 14.4. The SMILES string of the molecule is NC(=NCc1cccc(F)c1)NC1CCOc2ccccc21. The molecule has 1 aliphatic rings. The fraction of sp³-hybridized carbons (Fsp3) is 0.235. The zero-order chi connectivity index (χ0) is 15.4. The van der Waals surface area contributed by atoms with Crippen LogP contribution in [-0.4, -0.2) is 12.6 Å². The second-order valence-electron chi connectivity index (χ2n) is 5.20. The summed E-state index contributed by atoms with van der Waals surface area (Å²) in [5.74, 6) is 0.965. The molecule has 2 aromatic carbocycles. The van der Waals surface area contributed by atoms with Crippen LogP contribution in [0.1, 0.15) is 23.6 Å². The van der Waals surface area contributed by atoms with Gasteiger partial charge in [-0.1, -0.05) is 30.3 Å². The van der Waals surface area contributed by atoms with E-state index in [1.54, 1.807) is 6.07 Å². The molecule has 1 unspecified atom stereocenters. The van der Waals surface area contributed by atoms with E-state index in [9.17, 15) is 4.39 Å². The number of nitrogens with zero attached hydrogens (tertiary/aromatic N) is 1. The first-order valence-corrected chi connectivity index (χ1v) is 7.25. The largest absolute Gasteiger partial charge is 0.493 e. The molecule has 0 fully saturated rings. The van der Waals surface area contributed by atoms with E-state index >= 15 is 0 Å². The number of nitrogens with one attached hydrogen (secondary N) is 1. The lowest BCUT2D eigenvalue weighted by Crippen LogP contribution is -2.37. The van der Waals surface area contributed by atoms with E-state index < -0.39 is 0 Å². The highest BCUT2D eigenvalue weighted by Crippen LogP contribution is 2.31. The van der Waals surface area contributed by atoms with Gasteiger partial charge >= 0.3 is 0 Å². The monoisotopic (exact) mass is 299 g/mol. The van der Waals surface area contributed by atoms with Crippen molar-refractivity contribution in [1.82, 2.24) is 5.32 Å². The van der Waals surface area contributed by atoms with Crippen LogP contribution in [0.2, 0.25) is 0 Å². The van der Waals surface area contributed by atoms with Crippen LogP contribution in [0.25, 0.3) is 0 Å². The number of hydrogen-bond acceptors (Lipinski definition) is 2. The molecular formula is C17H18FN3O. The van der Waals surface area contributed by atoms with Crippen molar-refractivity contribution in [1.29, 1.82) is 0 Å². The van der Waals surface area contributed by atoms with Gasteiger partial charge in [0.1, 0.15) is 11.6 Å². The lowest BCUT2D eigenvalue weighted by Gasteiger charge is -2.26. The van der Waals surface area contributed by atoms with E-state index in [2.05, 4.69) is 10.3 Å². The first-order chi connectivity index (χ1) is 10.7. The second kappa shape index (κ2) is 6.47. The Labute approximate surface area is 128 Å². The maximum absolute atomic E-state index is 13.1. The van der Waals surface area contributed by atoms with Crippen molar-refractivity contribution in [3.8, 4) is 5.75 Å². The molecule has 1 heterocycles. The van der Waals surface area contributed by atoms with Gasteiger partial charge in [0.25, 0.3) is 0 Å². The maximum Gasteiger partial charge on any atom is 0.189 e. The highest BCUT2D eigenvalue weighted by atomic mass is 19.1. The van der Waals surface area contributed by atoms with Crippen LogP contribution in [0, 0.1) is 5.82 Å². The molecule has 0 spiro atoms. The number of benzene rings is 2. The third-order valence-electron chi connectivity index (χ3n) is 3.60. The van der Waals surface area contributed by atoms with Gasteiger partial charge in [-0.05, 0) is 23.8 Å². The summed E-state index contributed by atoms with van der Waals surface area (Å²) >= 11 is 0. The fourth-order valence-corrected chi connectivity index (χ4v) is 2.53. The van der Waals surface area contributed by atoms with Crippen molar-refractivity contribution < 1.29 is 9.13 Å². The molecule has 114 valence electrons. The number of para-hydroxylation sites is 1. The lowest BCUT2D eigenvalue weighted by molar-refractivity contribution is 0.262. The molecule has 0 aromatic heterocycles. The number of hydrogen-bond donors (Lipinski definition) is 2. The van der Waals surface area contributed by atoms with E-state index in [4.69, 9.17) is 10.5 Å². The summed E-state index contributed by atoms with van der Waals surface area (Å²) < 4.78 is 18.7. The molecule has 0 radical (unpaired) electrons. The van der Waals surface area contributed by atoms with Gasteiger partial charge in [0, 0.05) is 12.0 Å². The molecular weight excluding hydrogens is 281 g/mol. The Hall–Kier alpha value is -2.56. The molecule has 5 heteroatoms. The van der Waals surface area contributed by atoms with Gasteiger partial charge in [-0.15, -0.1) is 0 Å². The van der Waals surface area contributed by atoms with Crippen LogP contribution in [-0.2, 0) is 6.54 Å². The molecule has 4 nitrogen and oxygen atoms in total. The molecule has 0 saturated carbocycles. The van der Waals surface area contributed by atoms with Gasteiger partial charge in [-0.3, -0.25) is 0 Å². The highest BCUT2D eigenvalue weighted by molar-refractivity contribution is 5.78. The van der Waals surface area contributed by atoms with Crippen LogP contribution >= 0.6 is 0 Å². The van der Waals surface area contributed by atoms with Crippen molar-refractivity contribution in [3.05, 3.63) is 65.5 Å². The molecule has 0 aliphatic carbocycles. The Morgan fingerprint density at radius 2 is 2.14 bits per heavy atom. The number of aliphatic imine (C=N–C) groups is 1. The molecule has 0 amide bonds. The van der Waals surface area contributed by atoms with Gasteiger partial charge < -0.3 is 15.8 Å². The van der Waals surface area contributed by atoms with Crippen molar-refractivity contribution in [2.75, 3.05) is 6.61 Å². The molecule has 3 N–H and O–H groups in total. The van der Waals surface area contributed by atoms with E-state index in [0.29, 0.717) is 19.1 Å². The summed E-state index contributed by atoms with van der Waals surface area (Å²) in [4.78, 5) is 4.28. The first-order valence-electron chi connectivity index (χ1n) is 7.25. The van der Waals surface area contributed by atoms with Gasteiger partial charge in [0.15, 0.2) is 5.96 Å². The average Bonchev–Trinajstić information content (AvgIpc) is 2.53. The number of nitrogens with two attached hydrogens (primary N) is 1. The molecule has 1 aliphatic heterocycles. The minimum absolute atomic E-state index is 0.0845. The molecule has 22 heavy (non-hydrogen) atoms. The number of halogens is 1. The number of ether oxygens (including phenoxy) is 1. The molecule has 1 atom stereocenters. The highest BCUT2D eigenvalue weighted by Gasteiger charge is 2.21. The smallest absolute Gasteiger partial charge is 0.189 e.